The van der Waals surface area contributed by atoms with E-state index in [1.165, 1.54) is 0 Å². The van der Waals surface area contributed by atoms with Crippen LogP contribution in [0.4, 0.5) is 4.79 Å². The Morgan fingerprint density at radius 3 is 2.87 bits per heavy atom. The fraction of sp³-hybridized carbons (Fsp3) is 0.471. The third-order valence-corrected chi connectivity index (χ3v) is 4.38. The number of hydrogen-bond acceptors (Lipinski definition) is 5. The Morgan fingerprint density at radius 1 is 1.26 bits per heavy atom. The van der Waals surface area contributed by atoms with Crippen LogP contribution in [-0.2, 0) is 11.3 Å². The van der Waals surface area contributed by atoms with Gasteiger partial charge in [0.2, 0.25) is 5.89 Å². The number of carbonyl (C=O) groups is 1. The normalized spacial score (nSPS) is 20.7. The van der Waals surface area contributed by atoms with Crippen molar-refractivity contribution < 1.29 is 14.1 Å². The number of carbonyl (C=O) groups excluding carboxylic acids is 1. The summed E-state index contributed by atoms with van der Waals surface area (Å²) in [5.74, 6) is 1.78. The molecular formula is C17H19N3O3. The fourth-order valence-corrected chi connectivity index (χ4v) is 2.93. The third kappa shape index (κ3) is 3.06. The van der Waals surface area contributed by atoms with Crippen molar-refractivity contribution in [3.63, 3.8) is 0 Å². The summed E-state index contributed by atoms with van der Waals surface area (Å²) < 4.78 is 10.8. The predicted octanol–water partition coefficient (Wildman–Crippen LogP) is 3.42. The third-order valence-electron chi connectivity index (χ3n) is 4.38. The fourth-order valence-electron chi connectivity index (χ4n) is 2.93. The molecule has 1 aliphatic heterocycles. The first-order valence-electron chi connectivity index (χ1n) is 8.12. The van der Waals surface area contributed by atoms with Crippen molar-refractivity contribution in [2.45, 2.75) is 44.2 Å². The van der Waals surface area contributed by atoms with Gasteiger partial charge in [-0.1, -0.05) is 35.5 Å². The van der Waals surface area contributed by atoms with Crippen molar-refractivity contribution in [2.24, 2.45) is 0 Å². The molecule has 6 heteroatoms. The average Bonchev–Trinajstić information content (AvgIpc) is 3.12. The highest BCUT2D eigenvalue weighted by Crippen LogP contribution is 2.39. The van der Waals surface area contributed by atoms with Crippen LogP contribution in [0.5, 0.6) is 0 Å². The van der Waals surface area contributed by atoms with E-state index in [1.54, 1.807) is 4.90 Å². The van der Waals surface area contributed by atoms with Gasteiger partial charge in [0, 0.05) is 12.5 Å². The van der Waals surface area contributed by atoms with Gasteiger partial charge in [-0.2, -0.15) is 4.98 Å². The molecule has 4 rings (SSSR count). The van der Waals surface area contributed by atoms with Gasteiger partial charge in [0.15, 0.2) is 5.82 Å². The summed E-state index contributed by atoms with van der Waals surface area (Å²) in [5, 5.41) is 4.05. The highest BCUT2D eigenvalue weighted by atomic mass is 16.6. The maximum atomic E-state index is 12.4. The van der Waals surface area contributed by atoms with Crippen LogP contribution in [0.15, 0.2) is 34.9 Å². The molecular weight excluding hydrogens is 294 g/mol. The lowest BCUT2D eigenvalue weighted by Gasteiger charge is -2.21. The van der Waals surface area contributed by atoms with Gasteiger partial charge >= 0.3 is 6.09 Å². The molecule has 1 aliphatic carbocycles. The highest BCUT2D eigenvalue weighted by molar-refractivity contribution is 5.68. The van der Waals surface area contributed by atoms with E-state index in [2.05, 4.69) is 10.1 Å². The lowest BCUT2D eigenvalue weighted by molar-refractivity contribution is 0.0865. The minimum absolute atomic E-state index is 0.154. The quantitative estimate of drug-likeness (QED) is 0.865. The molecule has 1 saturated carbocycles. The van der Waals surface area contributed by atoms with Gasteiger partial charge in [-0.05, 0) is 31.2 Å². The Bertz CT molecular complexity index is 681. The molecule has 1 aromatic heterocycles. The molecule has 1 saturated heterocycles. The lowest BCUT2D eigenvalue weighted by Crippen LogP contribution is -2.31. The van der Waals surface area contributed by atoms with Crippen LogP contribution in [0, 0.1) is 0 Å². The SMILES string of the molecule is O=C(OCc1ccccc1)N1CCCC1c1nc(C2CC2)no1. The van der Waals surface area contributed by atoms with Crippen LogP contribution in [0.2, 0.25) is 0 Å². The molecule has 0 spiro atoms. The number of benzene rings is 1. The number of amides is 1. The average molecular weight is 313 g/mol. The van der Waals surface area contributed by atoms with E-state index in [0.29, 0.717) is 18.4 Å². The molecule has 1 aromatic carbocycles. The van der Waals surface area contributed by atoms with Gasteiger partial charge in [-0.3, -0.25) is 4.90 Å². The number of ether oxygens (including phenoxy) is 1. The highest BCUT2D eigenvalue weighted by Gasteiger charge is 2.37. The van der Waals surface area contributed by atoms with Crippen LogP contribution in [0.3, 0.4) is 0 Å². The van der Waals surface area contributed by atoms with Crippen LogP contribution in [0.1, 0.15) is 54.9 Å². The van der Waals surface area contributed by atoms with Gasteiger partial charge < -0.3 is 9.26 Å². The van der Waals surface area contributed by atoms with Gasteiger partial charge in [0.05, 0.1) is 0 Å². The van der Waals surface area contributed by atoms with Gasteiger partial charge in [0.25, 0.3) is 0 Å². The second-order valence-corrected chi connectivity index (χ2v) is 6.16. The smallest absolute Gasteiger partial charge is 0.410 e. The maximum absolute atomic E-state index is 12.4. The Kier molecular flexibility index (Phi) is 3.73. The minimum atomic E-state index is -0.317. The van der Waals surface area contributed by atoms with Crippen molar-refractivity contribution >= 4 is 6.09 Å². The van der Waals surface area contributed by atoms with Crippen LogP contribution in [0.25, 0.3) is 0 Å². The van der Waals surface area contributed by atoms with Gasteiger partial charge in [-0.25, -0.2) is 4.79 Å². The number of rotatable bonds is 4. The summed E-state index contributed by atoms with van der Waals surface area (Å²) in [4.78, 5) is 18.5. The lowest BCUT2D eigenvalue weighted by atomic mass is 10.2. The van der Waals surface area contributed by atoms with Crippen LogP contribution < -0.4 is 0 Å². The summed E-state index contributed by atoms with van der Waals surface area (Å²) in [6.07, 6.45) is 3.71. The first-order chi connectivity index (χ1) is 11.3. The van der Waals surface area contributed by atoms with E-state index in [-0.39, 0.29) is 18.7 Å². The Balaban J connectivity index is 1.41. The van der Waals surface area contributed by atoms with Crippen molar-refractivity contribution in [1.29, 1.82) is 0 Å². The van der Waals surface area contributed by atoms with Crippen molar-refractivity contribution in [1.82, 2.24) is 15.0 Å². The monoisotopic (exact) mass is 313 g/mol. The zero-order valence-corrected chi connectivity index (χ0v) is 12.9. The summed E-state index contributed by atoms with van der Waals surface area (Å²) in [6.45, 7) is 0.944. The zero-order chi connectivity index (χ0) is 15.6. The standard InChI is InChI=1S/C17H19N3O3/c21-17(22-11-12-5-2-1-3-6-12)20-10-4-7-14(20)16-18-15(19-23-16)13-8-9-13/h1-3,5-6,13-14H,4,7-11H2. The van der Waals surface area contributed by atoms with Crippen molar-refractivity contribution in [3.8, 4) is 0 Å². The van der Waals surface area contributed by atoms with Crippen LogP contribution in [-0.4, -0.2) is 27.7 Å². The van der Waals surface area contributed by atoms with E-state index >= 15 is 0 Å². The molecule has 1 unspecified atom stereocenters. The Labute approximate surface area is 134 Å². The summed E-state index contributed by atoms with van der Waals surface area (Å²) in [5.41, 5.74) is 0.977. The summed E-state index contributed by atoms with van der Waals surface area (Å²) in [7, 11) is 0. The molecule has 0 radical (unpaired) electrons. The molecule has 0 N–H and O–H groups in total. The molecule has 1 amide bonds. The first-order valence-corrected chi connectivity index (χ1v) is 8.12. The molecule has 1 atom stereocenters. The number of hydrogen-bond donors (Lipinski definition) is 0. The number of aromatic nitrogens is 2. The predicted molar refractivity (Wildman–Crippen MR) is 81.6 cm³/mol. The topological polar surface area (TPSA) is 68.5 Å². The van der Waals surface area contributed by atoms with E-state index < -0.39 is 0 Å². The molecule has 2 heterocycles. The largest absolute Gasteiger partial charge is 0.445 e. The molecule has 2 fully saturated rings. The summed E-state index contributed by atoms with van der Waals surface area (Å²) in [6, 6.07) is 9.52. The Morgan fingerprint density at radius 2 is 2.09 bits per heavy atom. The van der Waals surface area contributed by atoms with E-state index in [1.807, 2.05) is 30.3 Å². The molecule has 2 aliphatic rings. The number of nitrogens with zero attached hydrogens (tertiary/aromatic N) is 3. The maximum Gasteiger partial charge on any atom is 0.410 e. The van der Waals surface area contributed by atoms with E-state index in [0.717, 1.165) is 37.1 Å². The van der Waals surface area contributed by atoms with Crippen LogP contribution >= 0.6 is 0 Å². The molecule has 6 nitrogen and oxygen atoms in total. The molecule has 120 valence electrons. The first kappa shape index (κ1) is 14.2. The molecule has 0 bridgehead atoms. The Hall–Kier alpha value is -2.37. The second-order valence-electron chi connectivity index (χ2n) is 6.16. The summed E-state index contributed by atoms with van der Waals surface area (Å²) >= 11 is 0. The number of likely N-dealkylation sites (tertiary alicyclic amines) is 1. The molecule has 2 aromatic rings. The minimum Gasteiger partial charge on any atom is -0.445 e. The van der Waals surface area contributed by atoms with Crippen molar-refractivity contribution in [2.75, 3.05) is 6.54 Å². The molecule has 23 heavy (non-hydrogen) atoms. The zero-order valence-electron chi connectivity index (χ0n) is 12.9. The van der Waals surface area contributed by atoms with Crippen molar-refractivity contribution in [3.05, 3.63) is 47.6 Å². The van der Waals surface area contributed by atoms with E-state index in [4.69, 9.17) is 9.26 Å². The van der Waals surface area contributed by atoms with E-state index in [9.17, 15) is 4.79 Å². The second kappa shape index (κ2) is 6.02. The van der Waals surface area contributed by atoms with Gasteiger partial charge in [0.1, 0.15) is 12.6 Å². The van der Waals surface area contributed by atoms with Gasteiger partial charge in [-0.15, -0.1) is 0 Å².